The highest BCUT2D eigenvalue weighted by molar-refractivity contribution is 5.97. The molecule has 2 aliphatic rings. The Bertz CT molecular complexity index is 1280. The van der Waals surface area contributed by atoms with Gasteiger partial charge in [-0.3, -0.25) is 9.59 Å². The van der Waals surface area contributed by atoms with Crippen molar-refractivity contribution in [3.05, 3.63) is 52.2 Å². The molecule has 8 nitrogen and oxygen atoms in total. The Hall–Kier alpha value is -3.37. The number of amides is 1. The Morgan fingerprint density at radius 1 is 1.09 bits per heavy atom. The van der Waals surface area contributed by atoms with E-state index in [0.29, 0.717) is 36.2 Å². The van der Waals surface area contributed by atoms with Crippen LogP contribution in [0.2, 0.25) is 0 Å². The second-order valence-corrected chi connectivity index (χ2v) is 9.20. The second kappa shape index (κ2) is 9.35. The van der Waals surface area contributed by atoms with Crippen LogP contribution in [0.1, 0.15) is 73.1 Å². The highest BCUT2D eigenvalue weighted by Crippen LogP contribution is 2.32. The summed E-state index contributed by atoms with van der Waals surface area (Å²) in [6.07, 6.45) is 3.37. The van der Waals surface area contributed by atoms with Crippen molar-refractivity contribution in [3.8, 4) is 5.75 Å². The van der Waals surface area contributed by atoms with Crippen LogP contribution in [0, 0.1) is 0 Å². The maximum atomic E-state index is 13.2. The predicted molar refractivity (Wildman–Crippen MR) is 121 cm³/mol. The molecule has 1 saturated carbocycles. The molecule has 5 rings (SSSR count). The molecule has 1 saturated heterocycles. The third kappa shape index (κ3) is 4.89. The Kier molecular flexibility index (Phi) is 6.24. The summed E-state index contributed by atoms with van der Waals surface area (Å²) in [6, 6.07) is 5.54. The predicted octanol–water partition coefficient (Wildman–Crippen LogP) is 4.54. The molecule has 35 heavy (non-hydrogen) atoms. The summed E-state index contributed by atoms with van der Waals surface area (Å²) in [5.74, 6) is -0.866. The third-order valence-electron chi connectivity index (χ3n) is 6.84. The number of alkyl halides is 3. The normalized spacial score (nSPS) is 19.7. The fourth-order valence-corrected chi connectivity index (χ4v) is 5.15. The number of aromatic nitrogens is 4. The van der Waals surface area contributed by atoms with E-state index in [-0.39, 0.29) is 29.6 Å². The van der Waals surface area contributed by atoms with Gasteiger partial charge in [0.15, 0.2) is 5.65 Å². The van der Waals surface area contributed by atoms with Crippen molar-refractivity contribution < 1.29 is 22.7 Å². The summed E-state index contributed by atoms with van der Waals surface area (Å²) in [4.78, 5) is 35.1. The van der Waals surface area contributed by atoms with Crippen molar-refractivity contribution in [1.82, 2.24) is 24.6 Å². The molecular weight excluding hydrogens is 463 g/mol. The largest absolute Gasteiger partial charge is 0.573 e. The number of nitrogens with one attached hydrogen (secondary N) is 1. The highest BCUT2D eigenvalue weighted by atomic mass is 19.4. The van der Waals surface area contributed by atoms with Crippen molar-refractivity contribution in [2.75, 3.05) is 13.1 Å². The maximum absolute atomic E-state index is 13.2. The van der Waals surface area contributed by atoms with Crippen LogP contribution in [-0.4, -0.2) is 50.0 Å². The molecule has 0 bridgehead atoms. The zero-order chi connectivity index (χ0) is 24.6. The number of H-pyrrole nitrogens is 1. The van der Waals surface area contributed by atoms with Gasteiger partial charge in [-0.25, -0.2) is 9.67 Å². The number of piperidine rings is 1. The third-order valence-corrected chi connectivity index (χ3v) is 6.84. The molecule has 1 N–H and O–H groups in total. The van der Waals surface area contributed by atoms with Crippen LogP contribution in [0.15, 0.2) is 35.3 Å². The molecule has 1 aliphatic heterocycles. The lowest BCUT2D eigenvalue weighted by Gasteiger charge is -2.32. The quantitative estimate of drug-likeness (QED) is 0.581. The van der Waals surface area contributed by atoms with E-state index in [1.165, 1.54) is 29.5 Å². The molecule has 186 valence electrons. The Morgan fingerprint density at radius 2 is 1.86 bits per heavy atom. The summed E-state index contributed by atoms with van der Waals surface area (Å²) in [5.41, 5.74) is 0.111. The number of aromatic amines is 1. The number of nitrogens with zero attached hydrogens (tertiary/aromatic N) is 4. The van der Waals surface area contributed by atoms with Crippen LogP contribution in [0.5, 0.6) is 5.75 Å². The molecule has 2 aromatic heterocycles. The number of carbonyl (C=O) groups excluding carboxylic acids is 1. The van der Waals surface area contributed by atoms with E-state index in [2.05, 4.69) is 14.8 Å². The number of halogens is 3. The lowest BCUT2D eigenvalue weighted by Crippen LogP contribution is -2.40. The molecule has 1 amide bonds. The number of carbonyl (C=O) groups is 1. The SMILES string of the molecule is O=C(c1ccccc1OC(F)(F)F)N1CCCC(c2nc3c(cnn3C3CCCCC3)c(=O)[nH]2)C1. The first kappa shape index (κ1) is 23.4. The van der Waals surface area contributed by atoms with Crippen LogP contribution in [-0.2, 0) is 0 Å². The number of hydrogen-bond donors (Lipinski definition) is 1. The van der Waals surface area contributed by atoms with Gasteiger partial charge in [-0.2, -0.15) is 5.10 Å². The van der Waals surface area contributed by atoms with Crippen molar-refractivity contribution >= 4 is 16.9 Å². The molecule has 1 atom stereocenters. The van der Waals surface area contributed by atoms with Gasteiger partial charge in [-0.15, -0.1) is 13.2 Å². The molecule has 0 spiro atoms. The number of fused-ring (bicyclic) bond motifs is 1. The summed E-state index contributed by atoms with van der Waals surface area (Å²) >= 11 is 0. The van der Waals surface area contributed by atoms with Gasteiger partial charge >= 0.3 is 6.36 Å². The molecular formula is C24H26F3N5O3. The fraction of sp³-hybridized carbons (Fsp3) is 0.500. The van der Waals surface area contributed by atoms with Crippen LogP contribution >= 0.6 is 0 Å². The van der Waals surface area contributed by atoms with Gasteiger partial charge in [0.2, 0.25) is 0 Å². The number of ether oxygens (including phenoxy) is 1. The van der Waals surface area contributed by atoms with Gasteiger partial charge in [-0.05, 0) is 37.8 Å². The summed E-state index contributed by atoms with van der Waals surface area (Å²) in [5, 5.41) is 4.88. The first-order valence-electron chi connectivity index (χ1n) is 11.9. The number of hydrogen-bond acceptors (Lipinski definition) is 5. The molecule has 3 aromatic rings. The lowest BCUT2D eigenvalue weighted by molar-refractivity contribution is -0.274. The fourth-order valence-electron chi connectivity index (χ4n) is 5.15. The first-order valence-corrected chi connectivity index (χ1v) is 11.9. The first-order chi connectivity index (χ1) is 16.8. The van der Waals surface area contributed by atoms with E-state index >= 15 is 0 Å². The average molecular weight is 489 g/mol. The van der Waals surface area contributed by atoms with Crippen molar-refractivity contribution in [3.63, 3.8) is 0 Å². The number of para-hydroxylation sites is 1. The van der Waals surface area contributed by atoms with E-state index < -0.39 is 18.0 Å². The smallest absolute Gasteiger partial charge is 0.405 e. The van der Waals surface area contributed by atoms with Gasteiger partial charge in [0, 0.05) is 19.0 Å². The van der Waals surface area contributed by atoms with Crippen LogP contribution in [0.25, 0.3) is 11.0 Å². The van der Waals surface area contributed by atoms with Gasteiger partial charge in [0.1, 0.15) is 17.0 Å². The standard InChI is InChI=1S/C24H26F3N5O3/c25-24(26,27)35-19-11-5-4-10-17(19)23(34)31-12-6-7-15(14-31)20-29-21-18(22(33)30-20)13-28-32(21)16-8-2-1-3-9-16/h4-5,10-11,13,15-16H,1-3,6-9,12,14H2,(H,29,30,33). The summed E-state index contributed by atoms with van der Waals surface area (Å²) in [7, 11) is 0. The summed E-state index contributed by atoms with van der Waals surface area (Å²) < 4.78 is 44.4. The molecule has 1 unspecified atom stereocenters. The molecule has 3 heterocycles. The van der Waals surface area contributed by atoms with Crippen molar-refractivity contribution in [2.24, 2.45) is 0 Å². The van der Waals surface area contributed by atoms with Gasteiger partial charge in [0.25, 0.3) is 11.5 Å². The Morgan fingerprint density at radius 3 is 2.63 bits per heavy atom. The number of likely N-dealkylation sites (tertiary alicyclic amines) is 1. The van der Waals surface area contributed by atoms with Crippen molar-refractivity contribution in [1.29, 1.82) is 0 Å². The molecule has 1 aliphatic carbocycles. The zero-order valence-corrected chi connectivity index (χ0v) is 19.1. The monoisotopic (exact) mass is 489 g/mol. The van der Waals surface area contributed by atoms with E-state index in [9.17, 15) is 22.8 Å². The average Bonchev–Trinajstić information content (AvgIpc) is 3.28. The maximum Gasteiger partial charge on any atom is 0.573 e. The Balaban J connectivity index is 1.41. The minimum atomic E-state index is -4.90. The number of benzene rings is 1. The summed E-state index contributed by atoms with van der Waals surface area (Å²) in [6.45, 7) is 0.618. The van der Waals surface area contributed by atoms with Gasteiger partial charge < -0.3 is 14.6 Å². The minimum Gasteiger partial charge on any atom is -0.405 e. The second-order valence-electron chi connectivity index (χ2n) is 9.20. The van der Waals surface area contributed by atoms with E-state index in [4.69, 9.17) is 4.98 Å². The van der Waals surface area contributed by atoms with Crippen LogP contribution < -0.4 is 10.3 Å². The van der Waals surface area contributed by atoms with E-state index in [1.807, 2.05) is 4.68 Å². The van der Waals surface area contributed by atoms with Gasteiger partial charge in [-0.1, -0.05) is 31.4 Å². The van der Waals surface area contributed by atoms with Crippen LogP contribution in [0.4, 0.5) is 13.2 Å². The minimum absolute atomic E-state index is 0.155. The molecule has 0 radical (unpaired) electrons. The Labute approximate surface area is 199 Å². The van der Waals surface area contributed by atoms with E-state index in [1.54, 1.807) is 6.20 Å². The highest BCUT2D eigenvalue weighted by Gasteiger charge is 2.34. The van der Waals surface area contributed by atoms with Crippen molar-refractivity contribution in [2.45, 2.75) is 63.3 Å². The van der Waals surface area contributed by atoms with Crippen LogP contribution in [0.3, 0.4) is 0 Å². The zero-order valence-electron chi connectivity index (χ0n) is 19.1. The molecule has 2 fully saturated rings. The number of rotatable bonds is 4. The lowest BCUT2D eigenvalue weighted by atomic mass is 9.95. The topological polar surface area (TPSA) is 93.1 Å². The van der Waals surface area contributed by atoms with E-state index in [0.717, 1.165) is 31.7 Å². The van der Waals surface area contributed by atoms with Gasteiger partial charge in [0.05, 0.1) is 17.8 Å². The molecule has 11 heteroatoms. The molecule has 1 aromatic carbocycles.